The first-order valence-electron chi connectivity index (χ1n) is 6.42. The minimum absolute atomic E-state index is 0.0113. The Hall–Kier alpha value is -1.36. The monoisotopic (exact) mass is 339 g/mol. The van der Waals surface area contributed by atoms with Gasteiger partial charge in [-0.15, -0.1) is 11.3 Å². The van der Waals surface area contributed by atoms with E-state index < -0.39 is 0 Å². The summed E-state index contributed by atoms with van der Waals surface area (Å²) in [5.74, 6) is -0.243. The van der Waals surface area contributed by atoms with Crippen LogP contribution in [0.2, 0.25) is 8.67 Å². The highest BCUT2D eigenvalue weighted by Gasteiger charge is 2.27. The molecular formula is C15H11Cl2NO2S. The lowest BCUT2D eigenvalue weighted by molar-refractivity contribution is -0.118. The number of carbonyl (C=O) groups excluding carboxylic acids is 2. The van der Waals surface area contributed by atoms with Crippen LogP contribution < -0.4 is 4.90 Å². The molecule has 1 aromatic carbocycles. The van der Waals surface area contributed by atoms with Crippen molar-refractivity contribution in [2.24, 2.45) is 0 Å². The second kappa shape index (κ2) is 5.79. The van der Waals surface area contributed by atoms with Gasteiger partial charge in [-0.2, -0.15) is 0 Å². The van der Waals surface area contributed by atoms with Crippen LogP contribution in [-0.2, 0) is 11.2 Å². The van der Waals surface area contributed by atoms with E-state index in [2.05, 4.69) is 0 Å². The molecule has 21 heavy (non-hydrogen) atoms. The molecule has 0 fully saturated rings. The third-order valence-corrected chi connectivity index (χ3v) is 4.94. The number of Topliss-reactive ketones (excluding diaryl/α,β-unsaturated/α-hetero) is 1. The topological polar surface area (TPSA) is 37.4 Å². The van der Waals surface area contributed by atoms with Crippen molar-refractivity contribution in [1.82, 2.24) is 0 Å². The molecule has 0 saturated heterocycles. The maximum Gasteiger partial charge on any atom is 0.227 e. The van der Waals surface area contributed by atoms with Gasteiger partial charge in [0.25, 0.3) is 0 Å². The van der Waals surface area contributed by atoms with Gasteiger partial charge in [-0.3, -0.25) is 9.59 Å². The lowest BCUT2D eigenvalue weighted by atomic mass is 10.0. The number of hydrogen-bond acceptors (Lipinski definition) is 3. The van der Waals surface area contributed by atoms with E-state index in [0.29, 0.717) is 27.1 Å². The number of halogens is 2. The van der Waals surface area contributed by atoms with Crippen molar-refractivity contribution in [3.05, 3.63) is 50.1 Å². The molecule has 2 heterocycles. The van der Waals surface area contributed by atoms with Gasteiger partial charge in [-0.25, -0.2) is 0 Å². The molecule has 0 aliphatic carbocycles. The van der Waals surface area contributed by atoms with Gasteiger partial charge < -0.3 is 4.90 Å². The van der Waals surface area contributed by atoms with Crippen molar-refractivity contribution in [2.45, 2.75) is 12.8 Å². The summed E-state index contributed by atoms with van der Waals surface area (Å²) in [5.41, 5.74) is 2.27. The summed E-state index contributed by atoms with van der Waals surface area (Å²) in [5, 5.41) is 0. The zero-order chi connectivity index (χ0) is 15.0. The zero-order valence-corrected chi connectivity index (χ0v) is 13.3. The SMILES string of the molecule is O=C(CN1C(=O)CCc2ccccc21)c1cc(Cl)sc1Cl. The Morgan fingerprint density at radius 1 is 1.24 bits per heavy atom. The highest BCUT2D eigenvalue weighted by Crippen LogP contribution is 2.33. The van der Waals surface area contributed by atoms with E-state index in [9.17, 15) is 9.59 Å². The molecule has 108 valence electrons. The Balaban J connectivity index is 1.89. The molecule has 0 spiro atoms. The Morgan fingerprint density at radius 3 is 2.71 bits per heavy atom. The smallest absolute Gasteiger partial charge is 0.227 e. The molecule has 1 aromatic heterocycles. The molecule has 1 aliphatic heterocycles. The Kier molecular flexibility index (Phi) is 4.02. The number of carbonyl (C=O) groups is 2. The fraction of sp³-hybridized carbons (Fsp3) is 0.200. The van der Waals surface area contributed by atoms with Crippen LogP contribution in [0.25, 0.3) is 0 Å². The molecule has 0 N–H and O–H groups in total. The molecule has 1 amide bonds. The van der Waals surface area contributed by atoms with Crippen molar-refractivity contribution < 1.29 is 9.59 Å². The van der Waals surface area contributed by atoms with Crippen molar-refractivity contribution in [2.75, 3.05) is 11.4 Å². The van der Waals surface area contributed by atoms with Gasteiger partial charge in [-0.1, -0.05) is 41.4 Å². The van der Waals surface area contributed by atoms with E-state index in [4.69, 9.17) is 23.2 Å². The Morgan fingerprint density at radius 2 is 2.00 bits per heavy atom. The maximum absolute atomic E-state index is 12.4. The van der Waals surface area contributed by atoms with Gasteiger partial charge in [0, 0.05) is 12.1 Å². The fourth-order valence-electron chi connectivity index (χ4n) is 2.43. The van der Waals surface area contributed by atoms with Crippen molar-refractivity contribution in [3.63, 3.8) is 0 Å². The van der Waals surface area contributed by atoms with Gasteiger partial charge in [0.2, 0.25) is 5.91 Å². The minimum Gasteiger partial charge on any atom is -0.304 e. The second-order valence-corrected chi connectivity index (χ2v) is 7.06. The minimum atomic E-state index is -0.201. The van der Waals surface area contributed by atoms with Crippen LogP contribution in [0.4, 0.5) is 5.69 Å². The van der Waals surface area contributed by atoms with Crippen LogP contribution in [0, 0.1) is 0 Å². The van der Waals surface area contributed by atoms with Crippen LogP contribution >= 0.6 is 34.5 Å². The number of rotatable bonds is 3. The first kappa shape index (κ1) is 14.6. The number of thiophene rings is 1. The van der Waals surface area contributed by atoms with Gasteiger partial charge in [0.05, 0.1) is 16.4 Å². The third-order valence-electron chi connectivity index (χ3n) is 3.45. The first-order chi connectivity index (χ1) is 10.1. The van der Waals surface area contributed by atoms with E-state index in [1.165, 1.54) is 4.90 Å². The summed E-state index contributed by atoms with van der Waals surface area (Å²) >= 11 is 13.0. The molecule has 1 aliphatic rings. The number of nitrogens with zero attached hydrogens (tertiary/aromatic N) is 1. The number of para-hydroxylation sites is 1. The second-order valence-electron chi connectivity index (χ2n) is 4.77. The summed E-state index contributed by atoms with van der Waals surface area (Å²) in [6.45, 7) is -0.0113. The molecule has 0 saturated carbocycles. The number of aryl methyl sites for hydroxylation is 1. The molecule has 3 nitrogen and oxygen atoms in total. The predicted molar refractivity (Wildman–Crippen MR) is 85.8 cm³/mol. The Labute approximate surface area is 136 Å². The van der Waals surface area contributed by atoms with E-state index >= 15 is 0 Å². The zero-order valence-electron chi connectivity index (χ0n) is 10.9. The van der Waals surface area contributed by atoms with Gasteiger partial charge in [-0.05, 0) is 24.1 Å². The normalized spacial score (nSPS) is 14.2. The highest BCUT2D eigenvalue weighted by atomic mass is 35.5. The van der Waals surface area contributed by atoms with Crippen LogP contribution in [0.1, 0.15) is 22.3 Å². The van der Waals surface area contributed by atoms with Crippen LogP contribution in [0.15, 0.2) is 30.3 Å². The fourth-order valence-corrected chi connectivity index (χ4v) is 3.93. The van der Waals surface area contributed by atoms with Crippen molar-refractivity contribution in [3.8, 4) is 0 Å². The molecule has 0 atom stereocenters. The molecule has 3 rings (SSSR count). The number of hydrogen-bond donors (Lipinski definition) is 0. The number of anilines is 1. The average Bonchev–Trinajstić information content (AvgIpc) is 2.81. The molecule has 2 aromatic rings. The third kappa shape index (κ3) is 2.84. The Bertz CT molecular complexity index is 726. The maximum atomic E-state index is 12.4. The molecular weight excluding hydrogens is 329 g/mol. The summed E-state index contributed by atoms with van der Waals surface area (Å²) in [6, 6.07) is 9.19. The quantitative estimate of drug-likeness (QED) is 0.785. The predicted octanol–water partition coefficient (Wildman–Crippen LogP) is 4.22. The van der Waals surface area contributed by atoms with E-state index in [0.717, 1.165) is 22.6 Å². The summed E-state index contributed by atoms with van der Waals surface area (Å²) < 4.78 is 0.830. The van der Waals surface area contributed by atoms with E-state index in [1.54, 1.807) is 6.07 Å². The molecule has 0 radical (unpaired) electrons. The number of ketones is 1. The molecule has 0 bridgehead atoms. The van der Waals surface area contributed by atoms with Crippen molar-refractivity contribution >= 4 is 51.9 Å². The number of fused-ring (bicyclic) bond motifs is 1. The summed E-state index contributed by atoms with van der Waals surface area (Å²) in [6.07, 6.45) is 1.13. The van der Waals surface area contributed by atoms with E-state index in [1.807, 2.05) is 24.3 Å². The molecule has 6 heteroatoms. The largest absolute Gasteiger partial charge is 0.304 e. The van der Waals surface area contributed by atoms with Crippen LogP contribution in [0.3, 0.4) is 0 Å². The van der Waals surface area contributed by atoms with Gasteiger partial charge in [0.15, 0.2) is 5.78 Å². The highest BCUT2D eigenvalue weighted by molar-refractivity contribution is 7.20. The average molecular weight is 340 g/mol. The van der Waals surface area contributed by atoms with Crippen LogP contribution in [-0.4, -0.2) is 18.2 Å². The first-order valence-corrected chi connectivity index (χ1v) is 8.00. The summed E-state index contributed by atoms with van der Waals surface area (Å²) in [4.78, 5) is 26.0. The summed E-state index contributed by atoms with van der Waals surface area (Å²) in [7, 11) is 0. The van der Waals surface area contributed by atoms with Crippen LogP contribution in [0.5, 0.6) is 0 Å². The standard InChI is InChI=1S/C15H11Cl2NO2S/c16-13-7-10(15(17)21-13)12(19)8-18-11-4-2-1-3-9(11)5-6-14(18)20/h1-4,7H,5-6,8H2. The number of amides is 1. The van der Waals surface area contributed by atoms with Crippen molar-refractivity contribution in [1.29, 1.82) is 0 Å². The number of benzene rings is 1. The molecule has 0 unspecified atom stereocenters. The lowest BCUT2D eigenvalue weighted by Gasteiger charge is -2.28. The van der Waals surface area contributed by atoms with Gasteiger partial charge in [0.1, 0.15) is 4.34 Å². The van der Waals surface area contributed by atoms with Gasteiger partial charge >= 0.3 is 0 Å². The van der Waals surface area contributed by atoms with E-state index in [-0.39, 0.29) is 18.2 Å². The lowest BCUT2D eigenvalue weighted by Crippen LogP contribution is -2.39.